The molecule has 144 valence electrons. The Morgan fingerprint density at radius 2 is 1.65 bits per heavy atom. The summed E-state index contributed by atoms with van der Waals surface area (Å²) < 4.78 is 6.07. The molecule has 2 heterocycles. The molecule has 3 nitrogen and oxygen atoms in total. The van der Waals surface area contributed by atoms with Crippen molar-refractivity contribution in [2.24, 2.45) is 5.92 Å². The number of hydrogen-bond donors (Lipinski definition) is 0. The zero-order valence-corrected chi connectivity index (χ0v) is 16.4. The van der Waals surface area contributed by atoms with Gasteiger partial charge < -0.3 is 4.74 Å². The van der Waals surface area contributed by atoms with Gasteiger partial charge in [-0.15, -0.1) is 0 Å². The molecule has 2 fully saturated rings. The molecule has 0 aromatic heterocycles. The molecule has 1 saturated carbocycles. The lowest BCUT2D eigenvalue weighted by Crippen LogP contribution is -2.35. The Kier molecular flexibility index (Phi) is 6.50. The van der Waals surface area contributed by atoms with E-state index < -0.39 is 0 Å². The lowest BCUT2D eigenvalue weighted by atomic mass is 9.88. The molecule has 1 aromatic carbocycles. The minimum atomic E-state index is 0.826. The van der Waals surface area contributed by atoms with Crippen molar-refractivity contribution in [1.82, 2.24) is 9.80 Å². The van der Waals surface area contributed by atoms with Crippen molar-refractivity contribution >= 4 is 0 Å². The zero-order valence-electron chi connectivity index (χ0n) is 16.4. The minimum absolute atomic E-state index is 0.826. The molecule has 0 amide bonds. The largest absolute Gasteiger partial charge is 0.492 e. The maximum absolute atomic E-state index is 6.07. The van der Waals surface area contributed by atoms with E-state index in [0.717, 1.165) is 31.4 Å². The van der Waals surface area contributed by atoms with Crippen LogP contribution in [-0.2, 0) is 13.0 Å². The first kappa shape index (κ1) is 18.3. The number of ether oxygens (including phenoxy) is 1. The second-order valence-corrected chi connectivity index (χ2v) is 8.67. The van der Waals surface area contributed by atoms with E-state index in [1.165, 1.54) is 95.1 Å². The number of nitrogens with zero attached hydrogens (tertiary/aromatic N) is 2. The third-order valence-electron chi connectivity index (χ3n) is 6.64. The monoisotopic (exact) mass is 356 g/mol. The Morgan fingerprint density at radius 3 is 2.50 bits per heavy atom. The van der Waals surface area contributed by atoms with Gasteiger partial charge in [-0.1, -0.05) is 31.7 Å². The second-order valence-electron chi connectivity index (χ2n) is 8.67. The van der Waals surface area contributed by atoms with Crippen molar-refractivity contribution in [2.75, 3.05) is 39.3 Å². The molecule has 0 N–H and O–H groups in total. The summed E-state index contributed by atoms with van der Waals surface area (Å²) in [5, 5.41) is 0. The highest BCUT2D eigenvalue weighted by molar-refractivity contribution is 5.37. The van der Waals surface area contributed by atoms with Crippen LogP contribution in [0.4, 0.5) is 0 Å². The topological polar surface area (TPSA) is 15.7 Å². The van der Waals surface area contributed by atoms with E-state index >= 15 is 0 Å². The summed E-state index contributed by atoms with van der Waals surface area (Å²) in [6, 6.07) is 6.82. The third kappa shape index (κ3) is 5.01. The maximum Gasteiger partial charge on any atom is 0.119 e. The van der Waals surface area contributed by atoms with E-state index in [9.17, 15) is 0 Å². The fraction of sp³-hybridized carbons (Fsp3) is 0.739. The number of piperidine rings is 1. The molecule has 3 aliphatic rings. The summed E-state index contributed by atoms with van der Waals surface area (Å²) in [7, 11) is 0. The third-order valence-corrected chi connectivity index (χ3v) is 6.64. The smallest absolute Gasteiger partial charge is 0.119 e. The summed E-state index contributed by atoms with van der Waals surface area (Å²) in [6.45, 7) is 8.09. The van der Waals surface area contributed by atoms with Crippen LogP contribution in [-0.4, -0.2) is 49.1 Å². The van der Waals surface area contributed by atoms with E-state index in [0.29, 0.717) is 0 Å². The Hall–Kier alpha value is -1.06. The van der Waals surface area contributed by atoms with Gasteiger partial charge in [0.2, 0.25) is 0 Å². The first-order valence-corrected chi connectivity index (χ1v) is 11.1. The van der Waals surface area contributed by atoms with Gasteiger partial charge in [0.05, 0.1) is 0 Å². The molecular weight excluding hydrogens is 320 g/mol. The average molecular weight is 357 g/mol. The maximum atomic E-state index is 6.07. The number of benzene rings is 1. The lowest BCUT2D eigenvalue weighted by Gasteiger charge is -2.33. The Balaban J connectivity index is 1.25. The normalized spacial score (nSPS) is 22.9. The van der Waals surface area contributed by atoms with E-state index in [4.69, 9.17) is 4.74 Å². The summed E-state index contributed by atoms with van der Waals surface area (Å²) >= 11 is 0. The molecule has 4 rings (SSSR count). The molecule has 0 bridgehead atoms. The van der Waals surface area contributed by atoms with Crippen LogP contribution in [0.2, 0.25) is 0 Å². The van der Waals surface area contributed by atoms with E-state index in [1.54, 1.807) is 0 Å². The number of likely N-dealkylation sites (tertiary alicyclic amines) is 1. The fourth-order valence-electron chi connectivity index (χ4n) is 5.04. The van der Waals surface area contributed by atoms with Crippen molar-refractivity contribution in [3.63, 3.8) is 0 Å². The van der Waals surface area contributed by atoms with E-state index in [1.807, 2.05) is 0 Å². The van der Waals surface area contributed by atoms with Crippen LogP contribution in [0.5, 0.6) is 5.75 Å². The first-order chi connectivity index (χ1) is 12.9. The van der Waals surface area contributed by atoms with Gasteiger partial charge in [-0.3, -0.25) is 9.80 Å². The summed E-state index contributed by atoms with van der Waals surface area (Å²) in [5.74, 6) is 2.02. The van der Waals surface area contributed by atoms with Gasteiger partial charge >= 0.3 is 0 Å². The van der Waals surface area contributed by atoms with E-state index in [-0.39, 0.29) is 0 Å². The predicted molar refractivity (Wildman–Crippen MR) is 108 cm³/mol. The molecule has 0 unspecified atom stereocenters. The Bertz CT molecular complexity index is 561. The molecule has 2 aliphatic heterocycles. The number of hydrogen-bond acceptors (Lipinski definition) is 3. The summed E-state index contributed by atoms with van der Waals surface area (Å²) in [6.07, 6.45) is 12.6. The van der Waals surface area contributed by atoms with Gasteiger partial charge in [0.25, 0.3) is 0 Å². The SMILES string of the molecule is c1cc2c(cc1OCCN1CCCCC1)CCN(CC1CCCCC1)C2. The van der Waals surface area contributed by atoms with Crippen LogP contribution < -0.4 is 4.74 Å². The molecule has 1 saturated heterocycles. The van der Waals surface area contributed by atoms with Gasteiger partial charge in [-0.25, -0.2) is 0 Å². The average Bonchev–Trinajstić information content (AvgIpc) is 2.70. The second kappa shape index (κ2) is 9.23. The zero-order chi connectivity index (χ0) is 17.6. The molecule has 0 atom stereocenters. The lowest BCUT2D eigenvalue weighted by molar-refractivity contribution is 0.181. The van der Waals surface area contributed by atoms with Crippen molar-refractivity contribution in [3.8, 4) is 5.75 Å². The minimum Gasteiger partial charge on any atom is -0.492 e. The summed E-state index contributed by atoms with van der Waals surface area (Å²) in [5.41, 5.74) is 3.04. The molecule has 1 aliphatic carbocycles. The highest BCUT2D eigenvalue weighted by Gasteiger charge is 2.21. The molecule has 1 aromatic rings. The standard InChI is InChI=1S/C23H36N2O/c1-3-7-20(8-4-1)18-25-14-11-21-17-23(10-9-22(21)19-25)26-16-15-24-12-5-2-6-13-24/h9-10,17,20H,1-8,11-16,18-19H2. The van der Waals surface area contributed by atoms with Crippen molar-refractivity contribution in [1.29, 1.82) is 0 Å². The molecule has 3 heteroatoms. The van der Waals surface area contributed by atoms with Crippen molar-refractivity contribution < 1.29 is 4.74 Å². The van der Waals surface area contributed by atoms with Crippen LogP contribution in [0, 0.1) is 5.92 Å². The van der Waals surface area contributed by atoms with Crippen LogP contribution in [0.15, 0.2) is 18.2 Å². The Labute approximate surface area is 159 Å². The predicted octanol–water partition coefficient (Wildman–Crippen LogP) is 4.49. The fourth-order valence-corrected chi connectivity index (χ4v) is 5.04. The van der Waals surface area contributed by atoms with Crippen molar-refractivity contribution in [2.45, 2.75) is 64.3 Å². The highest BCUT2D eigenvalue weighted by atomic mass is 16.5. The summed E-state index contributed by atoms with van der Waals surface area (Å²) in [4.78, 5) is 5.24. The quantitative estimate of drug-likeness (QED) is 0.747. The van der Waals surface area contributed by atoms with Crippen LogP contribution >= 0.6 is 0 Å². The van der Waals surface area contributed by atoms with Gasteiger partial charge in [-0.2, -0.15) is 0 Å². The van der Waals surface area contributed by atoms with Crippen LogP contribution in [0.25, 0.3) is 0 Å². The van der Waals surface area contributed by atoms with Crippen LogP contribution in [0.3, 0.4) is 0 Å². The van der Waals surface area contributed by atoms with Gasteiger partial charge in [0, 0.05) is 26.2 Å². The molecule has 26 heavy (non-hydrogen) atoms. The first-order valence-electron chi connectivity index (χ1n) is 11.1. The highest BCUT2D eigenvalue weighted by Crippen LogP contribution is 2.28. The molecular formula is C23H36N2O. The van der Waals surface area contributed by atoms with Crippen molar-refractivity contribution in [3.05, 3.63) is 29.3 Å². The van der Waals surface area contributed by atoms with E-state index in [2.05, 4.69) is 28.0 Å². The van der Waals surface area contributed by atoms with Gasteiger partial charge in [0.15, 0.2) is 0 Å². The van der Waals surface area contributed by atoms with Gasteiger partial charge in [-0.05, 0) is 74.4 Å². The van der Waals surface area contributed by atoms with Gasteiger partial charge in [0.1, 0.15) is 12.4 Å². The Morgan fingerprint density at radius 1 is 0.846 bits per heavy atom. The molecule has 0 spiro atoms. The number of fused-ring (bicyclic) bond motifs is 1. The molecule has 0 radical (unpaired) electrons. The van der Waals surface area contributed by atoms with Crippen LogP contribution in [0.1, 0.15) is 62.5 Å². The number of rotatable bonds is 6.